The summed E-state index contributed by atoms with van der Waals surface area (Å²) >= 11 is 0. The third kappa shape index (κ3) is 5.17. The van der Waals surface area contributed by atoms with E-state index in [1.165, 1.54) is 30.3 Å². The lowest BCUT2D eigenvalue weighted by Crippen LogP contribution is -2.62. The third-order valence-electron chi connectivity index (χ3n) is 10.2. The minimum Gasteiger partial charge on any atom is -0.508 e. The van der Waals surface area contributed by atoms with E-state index in [2.05, 4.69) is 0 Å². The van der Waals surface area contributed by atoms with Crippen molar-refractivity contribution in [2.45, 2.75) is 56.8 Å². The van der Waals surface area contributed by atoms with Gasteiger partial charge in [-0.3, -0.25) is 9.59 Å². The van der Waals surface area contributed by atoms with E-state index in [-0.39, 0.29) is 63.8 Å². The summed E-state index contributed by atoms with van der Waals surface area (Å²) in [7, 11) is 0. The van der Waals surface area contributed by atoms with Crippen LogP contribution in [0.15, 0.2) is 84.0 Å². The number of rotatable bonds is 6. The Morgan fingerprint density at radius 2 is 1.50 bits per heavy atom. The highest BCUT2D eigenvalue weighted by atomic mass is 16.7. The van der Waals surface area contributed by atoms with Gasteiger partial charge in [0.2, 0.25) is 11.4 Å². The van der Waals surface area contributed by atoms with Crippen molar-refractivity contribution in [2.75, 3.05) is 0 Å². The van der Waals surface area contributed by atoms with Crippen molar-refractivity contribution < 1.29 is 59.9 Å². The summed E-state index contributed by atoms with van der Waals surface area (Å²) in [6.07, 6.45) is 3.49. The van der Waals surface area contributed by atoms with E-state index in [4.69, 9.17) is 9.47 Å². The van der Waals surface area contributed by atoms with Gasteiger partial charge in [-0.2, -0.15) is 0 Å². The number of hydrogen-bond acceptors (Lipinski definition) is 12. The Labute approximate surface area is 297 Å². The van der Waals surface area contributed by atoms with E-state index in [0.717, 1.165) is 35.9 Å². The van der Waals surface area contributed by atoms with E-state index < -0.39 is 69.3 Å². The predicted octanol–water partition coefficient (Wildman–Crippen LogP) is 6.25. The fourth-order valence-electron chi connectivity index (χ4n) is 7.87. The molecule has 0 fully saturated rings. The van der Waals surface area contributed by atoms with Gasteiger partial charge in [0.1, 0.15) is 57.3 Å². The smallest absolute Gasteiger partial charge is 0.318 e. The monoisotopic (exact) mass is 708 g/mol. The van der Waals surface area contributed by atoms with Crippen LogP contribution in [0.4, 0.5) is 0 Å². The van der Waals surface area contributed by atoms with Gasteiger partial charge < -0.3 is 50.3 Å². The van der Waals surface area contributed by atoms with Crippen molar-refractivity contribution in [3.8, 4) is 51.7 Å². The molecule has 2 heterocycles. The fraction of sp³-hybridized carbons (Fsp3) is 0.250. The van der Waals surface area contributed by atoms with Gasteiger partial charge in [-0.1, -0.05) is 29.4 Å². The van der Waals surface area contributed by atoms with Crippen LogP contribution in [0, 0.1) is 5.92 Å². The van der Waals surface area contributed by atoms with Crippen LogP contribution < -0.4 is 9.47 Å². The zero-order valence-corrected chi connectivity index (χ0v) is 28.3. The molecule has 0 aromatic heterocycles. The van der Waals surface area contributed by atoms with Crippen molar-refractivity contribution in [1.29, 1.82) is 0 Å². The Hall–Kier alpha value is -6.14. The van der Waals surface area contributed by atoms with Crippen LogP contribution >= 0.6 is 0 Å². The largest absolute Gasteiger partial charge is 0.508 e. The van der Waals surface area contributed by atoms with Crippen LogP contribution in [-0.4, -0.2) is 58.2 Å². The Bertz CT molecular complexity index is 2230. The maximum Gasteiger partial charge on any atom is 0.318 e. The molecule has 0 spiro atoms. The first-order chi connectivity index (χ1) is 24.5. The number of carbonyl (C=O) groups is 2. The highest BCUT2D eigenvalue weighted by Crippen LogP contribution is 2.60. The minimum absolute atomic E-state index is 0.0304. The number of Topliss-reactive ketones (excluding diaryl/α,β-unsaturated/α-hetero) is 2. The number of carbonyl (C=O) groups excluding carboxylic acids is 2. The minimum atomic E-state index is -2.75. The molecule has 7 rings (SSSR count). The molecule has 0 amide bonds. The fourth-order valence-corrected chi connectivity index (χ4v) is 7.87. The molecule has 3 aliphatic rings. The number of hydrogen-bond donors (Lipinski definition) is 8. The zero-order valence-electron chi connectivity index (χ0n) is 28.3. The van der Waals surface area contributed by atoms with Crippen LogP contribution in [0.1, 0.15) is 82.9 Å². The van der Waals surface area contributed by atoms with Crippen molar-refractivity contribution in [3.05, 3.63) is 112 Å². The van der Waals surface area contributed by atoms with Crippen LogP contribution in [-0.2, 0) is 5.60 Å². The third-order valence-corrected chi connectivity index (χ3v) is 10.2. The molecular formula is C40H36O12. The van der Waals surface area contributed by atoms with E-state index in [1.54, 1.807) is 19.1 Å². The number of aromatic hydroxyl groups is 7. The van der Waals surface area contributed by atoms with E-state index >= 15 is 0 Å². The highest BCUT2D eigenvalue weighted by molar-refractivity contribution is 6.09. The first-order valence-corrected chi connectivity index (χ1v) is 16.5. The van der Waals surface area contributed by atoms with Crippen LogP contribution in [0.5, 0.6) is 51.7 Å². The summed E-state index contributed by atoms with van der Waals surface area (Å²) < 4.78 is 12.3. The molecule has 52 heavy (non-hydrogen) atoms. The number of aliphatic hydroxyl groups is 1. The van der Waals surface area contributed by atoms with Gasteiger partial charge in [0, 0.05) is 65.1 Å². The molecule has 8 N–H and O–H groups in total. The number of ketones is 2. The van der Waals surface area contributed by atoms with Gasteiger partial charge in [0.15, 0.2) is 5.78 Å². The quantitative estimate of drug-likeness (QED) is 0.0824. The normalized spacial score (nSPS) is 24.4. The average Bonchev–Trinajstić information content (AvgIpc) is 3.30. The van der Waals surface area contributed by atoms with Gasteiger partial charge >= 0.3 is 5.79 Å². The summed E-state index contributed by atoms with van der Waals surface area (Å²) in [5, 5.41) is 87.7. The number of benzene rings is 4. The Morgan fingerprint density at radius 3 is 2.17 bits per heavy atom. The number of ether oxygens (including phenoxy) is 2. The van der Waals surface area contributed by atoms with Crippen molar-refractivity contribution in [2.24, 2.45) is 5.92 Å². The molecule has 0 saturated heterocycles. The maximum atomic E-state index is 14.6. The summed E-state index contributed by atoms with van der Waals surface area (Å²) in [6, 6.07) is 12.4. The summed E-state index contributed by atoms with van der Waals surface area (Å²) in [6.45, 7) is 5.37. The van der Waals surface area contributed by atoms with E-state index in [0.29, 0.717) is 5.57 Å². The van der Waals surface area contributed by atoms with Crippen LogP contribution in [0.25, 0.3) is 0 Å². The summed E-state index contributed by atoms with van der Waals surface area (Å²) in [4.78, 5) is 29.1. The Morgan fingerprint density at radius 1 is 0.827 bits per heavy atom. The molecular weight excluding hydrogens is 672 g/mol. The lowest BCUT2D eigenvalue weighted by Gasteiger charge is -2.43. The molecule has 5 atom stereocenters. The predicted molar refractivity (Wildman–Crippen MR) is 185 cm³/mol. The van der Waals surface area contributed by atoms with Gasteiger partial charge in [-0.05, 0) is 63.1 Å². The molecule has 2 aliphatic heterocycles. The second-order valence-electron chi connectivity index (χ2n) is 13.9. The van der Waals surface area contributed by atoms with Crippen molar-refractivity contribution >= 4 is 11.6 Å². The number of phenolic OH excluding ortho intramolecular Hbond substituents is 7. The number of phenols is 7. The highest BCUT2D eigenvalue weighted by Gasteiger charge is 2.70. The molecule has 0 bridgehead atoms. The van der Waals surface area contributed by atoms with Gasteiger partial charge in [-0.15, -0.1) is 0 Å². The van der Waals surface area contributed by atoms with Crippen molar-refractivity contribution in [1.82, 2.24) is 0 Å². The summed E-state index contributed by atoms with van der Waals surface area (Å²) in [5.41, 5.74) is -0.788. The van der Waals surface area contributed by atoms with Crippen LogP contribution in [0.3, 0.4) is 0 Å². The Kier molecular flexibility index (Phi) is 7.91. The molecule has 12 nitrogen and oxygen atoms in total. The average molecular weight is 709 g/mol. The molecule has 0 radical (unpaired) electrons. The van der Waals surface area contributed by atoms with Crippen molar-refractivity contribution in [3.63, 3.8) is 0 Å². The first-order valence-electron chi connectivity index (χ1n) is 16.5. The molecule has 12 heteroatoms. The topological polar surface area (TPSA) is 214 Å². The molecule has 4 aromatic rings. The van der Waals surface area contributed by atoms with Crippen LogP contribution in [0.2, 0.25) is 0 Å². The zero-order chi connectivity index (χ0) is 37.4. The van der Waals surface area contributed by atoms with Gasteiger partial charge in [-0.25, -0.2) is 0 Å². The molecule has 0 unspecified atom stereocenters. The molecule has 268 valence electrons. The van der Waals surface area contributed by atoms with E-state index in [9.17, 15) is 50.4 Å². The SMILES string of the molecule is CC(C)=CC[C@]12Oc3cc(O)c([C@H]4C=C(C)C[C@H](c5ccc(O)cc5O)[C@H]4C(=O)c4cc(O)cc(O)c4)c(O)c3C(=O)[C@@]1(O)Oc1cc(O)ccc12. The second-order valence-corrected chi connectivity index (χ2v) is 13.9. The second kappa shape index (κ2) is 12.0. The van der Waals surface area contributed by atoms with E-state index in [1.807, 2.05) is 13.8 Å². The maximum absolute atomic E-state index is 14.6. The lowest BCUT2D eigenvalue weighted by atomic mass is 9.65. The molecule has 1 aliphatic carbocycles. The van der Waals surface area contributed by atoms with Gasteiger partial charge in [0.25, 0.3) is 0 Å². The molecule has 0 saturated carbocycles. The first kappa shape index (κ1) is 34.3. The lowest BCUT2D eigenvalue weighted by molar-refractivity contribution is -0.201. The Balaban J connectivity index is 1.43. The standard InChI is InChI=1S/C40H36O12/c1-18(2)8-9-39-28-7-5-22(42)16-31(28)52-40(39,50)38(49)35-32(51-39)17-30(46)34(37(35)48)27-11-19(3)10-26(25-6-4-21(41)15-29(25)45)33(27)36(47)20-12-23(43)14-24(44)13-20/h4-8,11-17,26-27,33,41-46,48,50H,9-10H2,1-3H3/t26-,27+,33-,39-,40-/m1/s1. The van der Waals surface area contributed by atoms with Gasteiger partial charge in [0.05, 0.1) is 0 Å². The number of fused-ring (bicyclic) bond motifs is 4. The summed E-state index contributed by atoms with van der Waals surface area (Å²) in [5.74, 6) is -11.0. The number of allylic oxidation sites excluding steroid dienone is 3. The molecule has 4 aromatic carbocycles.